The third-order valence-electron chi connectivity index (χ3n) is 3.01. The highest BCUT2D eigenvalue weighted by molar-refractivity contribution is 9.10. The summed E-state index contributed by atoms with van der Waals surface area (Å²) < 4.78 is 28.9. The van der Waals surface area contributed by atoms with Crippen molar-refractivity contribution in [2.45, 2.75) is 25.8 Å². The van der Waals surface area contributed by atoms with E-state index < -0.39 is 9.84 Å². The van der Waals surface area contributed by atoms with Crippen LogP contribution in [0.5, 0.6) is 5.75 Å². The van der Waals surface area contributed by atoms with Crippen molar-refractivity contribution in [2.24, 2.45) is 5.73 Å². The van der Waals surface area contributed by atoms with Crippen LogP contribution < -0.4 is 10.5 Å². The molecular formula is C13H20BrNO3S. The van der Waals surface area contributed by atoms with Crippen LogP contribution >= 0.6 is 15.9 Å². The average molecular weight is 350 g/mol. The molecule has 0 saturated carbocycles. The van der Waals surface area contributed by atoms with Crippen molar-refractivity contribution >= 4 is 25.8 Å². The molecule has 1 aromatic rings. The summed E-state index contributed by atoms with van der Waals surface area (Å²) in [6, 6.07) is 5.42. The van der Waals surface area contributed by atoms with E-state index in [2.05, 4.69) is 15.9 Å². The summed E-state index contributed by atoms with van der Waals surface area (Å²) in [6.45, 7) is 1.66. The van der Waals surface area contributed by atoms with Crippen LogP contribution in [0, 0.1) is 0 Å². The SMILES string of the molecule is CCS(=O)(=O)CCCC(N)c1cc(OC)ccc1Br. The Kier molecular flexibility index (Phi) is 6.29. The van der Waals surface area contributed by atoms with E-state index in [9.17, 15) is 8.42 Å². The minimum absolute atomic E-state index is 0.186. The lowest BCUT2D eigenvalue weighted by Crippen LogP contribution is -2.14. The first-order valence-electron chi connectivity index (χ1n) is 6.19. The third-order valence-corrected chi connectivity index (χ3v) is 5.53. The molecule has 2 N–H and O–H groups in total. The summed E-state index contributed by atoms with van der Waals surface area (Å²) >= 11 is 3.45. The molecule has 1 rings (SSSR count). The summed E-state index contributed by atoms with van der Waals surface area (Å²) in [5, 5.41) is 0. The van der Waals surface area contributed by atoms with Crippen molar-refractivity contribution < 1.29 is 13.2 Å². The molecule has 1 aromatic carbocycles. The first-order valence-corrected chi connectivity index (χ1v) is 8.80. The second kappa shape index (κ2) is 7.26. The van der Waals surface area contributed by atoms with Gasteiger partial charge in [0.25, 0.3) is 0 Å². The average Bonchev–Trinajstić information content (AvgIpc) is 2.39. The molecule has 1 atom stereocenters. The summed E-state index contributed by atoms with van der Waals surface area (Å²) in [4.78, 5) is 0. The Bertz CT molecular complexity index is 517. The molecule has 0 aliphatic heterocycles. The Morgan fingerprint density at radius 3 is 2.68 bits per heavy atom. The molecule has 0 saturated heterocycles. The van der Waals surface area contributed by atoms with Gasteiger partial charge in [-0.05, 0) is 36.6 Å². The van der Waals surface area contributed by atoms with Gasteiger partial charge in [0, 0.05) is 16.3 Å². The number of benzene rings is 1. The first-order chi connectivity index (χ1) is 8.89. The van der Waals surface area contributed by atoms with Gasteiger partial charge in [0.15, 0.2) is 0 Å². The van der Waals surface area contributed by atoms with Gasteiger partial charge in [0.1, 0.15) is 15.6 Å². The number of hydrogen-bond donors (Lipinski definition) is 1. The van der Waals surface area contributed by atoms with Crippen LogP contribution in [-0.2, 0) is 9.84 Å². The molecule has 0 amide bonds. The van der Waals surface area contributed by atoms with Crippen LogP contribution in [0.1, 0.15) is 31.4 Å². The van der Waals surface area contributed by atoms with Crippen LogP contribution in [0.2, 0.25) is 0 Å². The molecule has 108 valence electrons. The van der Waals surface area contributed by atoms with E-state index >= 15 is 0 Å². The van der Waals surface area contributed by atoms with Crippen LogP contribution in [0.4, 0.5) is 0 Å². The van der Waals surface area contributed by atoms with Crippen molar-refractivity contribution in [1.82, 2.24) is 0 Å². The lowest BCUT2D eigenvalue weighted by Gasteiger charge is -2.15. The molecule has 0 heterocycles. The Hall–Kier alpha value is -0.590. The molecule has 0 aromatic heterocycles. The molecule has 0 fully saturated rings. The minimum Gasteiger partial charge on any atom is -0.497 e. The topological polar surface area (TPSA) is 69.4 Å². The van der Waals surface area contributed by atoms with Crippen LogP contribution in [0.25, 0.3) is 0 Å². The van der Waals surface area contributed by atoms with Gasteiger partial charge < -0.3 is 10.5 Å². The van der Waals surface area contributed by atoms with Gasteiger partial charge in [-0.25, -0.2) is 8.42 Å². The molecule has 0 aliphatic rings. The highest BCUT2D eigenvalue weighted by Gasteiger charge is 2.13. The number of hydrogen-bond acceptors (Lipinski definition) is 4. The molecule has 19 heavy (non-hydrogen) atoms. The lowest BCUT2D eigenvalue weighted by molar-refractivity contribution is 0.413. The normalized spacial score (nSPS) is 13.3. The van der Waals surface area contributed by atoms with Crippen LogP contribution in [-0.4, -0.2) is 27.0 Å². The number of ether oxygens (including phenoxy) is 1. The Morgan fingerprint density at radius 1 is 1.42 bits per heavy atom. The van der Waals surface area contributed by atoms with Crippen molar-refractivity contribution in [3.05, 3.63) is 28.2 Å². The van der Waals surface area contributed by atoms with Crippen molar-refractivity contribution in [3.8, 4) is 5.75 Å². The maximum absolute atomic E-state index is 11.4. The van der Waals surface area contributed by atoms with E-state index in [1.807, 2.05) is 18.2 Å². The van der Waals surface area contributed by atoms with Gasteiger partial charge in [0.2, 0.25) is 0 Å². The highest BCUT2D eigenvalue weighted by atomic mass is 79.9. The molecule has 4 nitrogen and oxygen atoms in total. The predicted octanol–water partition coefficient (Wildman–Crippen LogP) is 2.67. The largest absolute Gasteiger partial charge is 0.497 e. The molecule has 6 heteroatoms. The predicted molar refractivity (Wildman–Crippen MR) is 81.2 cm³/mol. The summed E-state index contributed by atoms with van der Waals surface area (Å²) in [7, 11) is -1.31. The summed E-state index contributed by atoms with van der Waals surface area (Å²) in [6.07, 6.45) is 1.20. The fraction of sp³-hybridized carbons (Fsp3) is 0.538. The highest BCUT2D eigenvalue weighted by Crippen LogP contribution is 2.28. The molecule has 1 unspecified atom stereocenters. The van der Waals surface area contributed by atoms with E-state index in [1.54, 1.807) is 14.0 Å². The van der Waals surface area contributed by atoms with E-state index in [1.165, 1.54) is 0 Å². The smallest absolute Gasteiger partial charge is 0.150 e. The van der Waals surface area contributed by atoms with Crippen LogP contribution in [0.3, 0.4) is 0 Å². The van der Waals surface area contributed by atoms with Crippen molar-refractivity contribution in [1.29, 1.82) is 0 Å². The summed E-state index contributed by atoms with van der Waals surface area (Å²) in [5.41, 5.74) is 7.05. The lowest BCUT2D eigenvalue weighted by atomic mass is 10.0. The van der Waals surface area contributed by atoms with E-state index in [-0.39, 0.29) is 17.5 Å². The van der Waals surface area contributed by atoms with E-state index in [0.717, 1.165) is 15.8 Å². The van der Waals surface area contributed by atoms with Crippen LogP contribution in [0.15, 0.2) is 22.7 Å². The fourth-order valence-electron chi connectivity index (χ4n) is 1.76. The second-order valence-corrected chi connectivity index (χ2v) is 7.70. The Balaban J connectivity index is 2.65. The molecule has 0 bridgehead atoms. The molecule has 0 spiro atoms. The maximum atomic E-state index is 11.4. The van der Waals surface area contributed by atoms with Gasteiger partial charge in [-0.3, -0.25) is 0 Å². The van der Waals surface area contributed by atoms with Gasteiger partial charge in [0.05, 0.1) is 12.9 Å². The second-order valence-electron chi connectivity index (χ2n) is 4.37. The number of sulfone groups is 1. The number of halogens is 1. The maximum Gasteiger partial charge on any atom is 0.150 e. The number of rotatable bonds is 7. The Morgan fingerprint density at radius 2 is 2.11 bits per heavy atom. The van der Waals surface area contributed by atoms with Crippen molar-refractivity contribution in [3.63, 3.8) is 0 Å². The third kappa shape index (κ3) is 5.12. The quantitative estimate of drug-likeness (QED) is 0.821. The molecule has 0 radical (unpaired) electrons. The zero-order valence-corrected chi connectivity index (χ0v) is 13.6. The summed E-state index contributed by atoms with van der Waals surface area (Å²) in [5.74, 6) is 1.12. The first kappa shape index (κ1) is 16.5. The van der Waals surface area contributed by atoms with Gasteiger partial charge in [-0.15, -0.1) is 0 Å². The zero-order chi connectivity index (χ0) is 14.5. The monoisotopic (exact) mass is 349 g/mol. The van der Waals surface area contributed by atoms with Gasteiger partial charge >= 0.3 is 0 Å². The fourth-order valence-corrected chi connectivity index (χ4v) is 3.19. The van der Waals surface area contributed by atoms with E-state index in [4.69, 9.17) is 10.5 Å². The molecular weight excluding hydrogens is 330 g/mol. The Labute approximate surface area is 123 Å². The standard InChI is InChI=1S/C13H20BrNO3S/c1-3-19(16,17)8-4-5-13(15)11-9-10(18-2)6-7-12(11)14/h6-7,9,13H,3-5,8,15H2,1-2H3. The number of methoxy groups -OCH3 is 1. The van der Waals surface area contributed by atoms with Gasteiger partial charge in [-0.2, -0.15) is 0 Å². The zero-order valence-electron chi connectivity index (χ0n) is 11.2. The van der Waals surface area contributed by atoms with Gasteiger partial charge in [-0.1, -0.05) is 22.9 Å². The molecule has 0 aliphatic carbocycles. The van der Waals surface area contributed by atoms with E-state index in [0.29, 0.717) is 12.8 Å². The van der Waals surface area contributed by atoms with Crippen molar-refractivity contribution in [2.75, 3.05) is 18.6 Å². The number of nitrogens with two attached hydrogens (primary N) is 1. The minimum atomic E-state index is -2.91.